The van der Waals surface area contributed by atoms with E-state index in [0.717, 1.165) is 16.9 Å². The first kappa shape index (κ1) is 25.2. The first-order valence-corrected chi connectivity index (χ1v) is 15.3. The van der Waals surface area contributed by atoms with Crippen LogP contribution in [-0.4, -0.2) is 45.9 Å². The molecule has 0 aromatic heterocycles. The third kappa shape index (κ3) is 5.57. The van der Waals surface area contributed by atoms with Crippen LogP contribution in [-0.2, 0) is 4.79 Å². The van der Waals surface area contributed by atoms with Gasteiger partial charge in [-0.1, -0.05) is 75.0 Å². The quantitative estimate of drug-likeness (QED) is 0.331. The van der Waals surface area contributed by atoms with E-state index in [4.69, 9.17) is 4.74 Å². The molecule has 0 N–H and O–H groups in total. The molecule has 0 unspecified atom stereocenters. The minimum absolute atomic E-state index is 0.0276. The number of nitrogens with zero attached hydrogens (tertiary/aromatic N) is 1. The van der Waals surface area contributed by atoms with E-state index in [-0.39, 0.29) is 17.2 Å². The van der Waals surface area contributed by atoms with E-state index in [1.807, 2.05) is 63.5 Å². The summed E-state index contributed by atoms with van der Waals surface area (Å²) in [5.74, 6) is 0.346. The summed E-state index contributed by atoms with van der Waals surface area (Å²) in [4.78, 5) is 29.7. The molecule has 0 heterocycles. The smallest absolute Gasteiger partial charge is 0.223 e. The van der Waals surface area contributed by atoms with E-state index < -0.39 is 14.0 Å². The number of ketones is 1. The van der Waals surface area contributed by atoms with Gasteiger partial charge in [-0.15, -0.1) is 0 Å². The summed E-state index contributed by atoms with van der Waals surface area (Å²) in [5.41, 5.74) is 2.93. The van der Waals surface area contributed by atoms with Gasteiger partial charge in [-0.2, -0.15) is 0 Å². The molecule has 2 aromatic carbocycles. The number of aryl methyl sites for hydroxylation is 1. The summed E-state index contributed by atoms with van der Waals surface area (Å²) in [6.45, 7) is 6.74. The number of Topliss-reactive ketones (excluding diaryl/α,β-unsaturated/α-hetero) is 1. The van der Waals surface area contributed by atoms with Crippen LogP contribution in [0.3, 0.4) is 0 Å². The van der Waals surface area contributed by atoms with Gasteiger partial charge in [0.15, 0.2) is 5.78 Å². The van der Waals surface area contributed by atoms with Crippen LogP contribution in [0.4, 0.5) is 0 Å². The maximum atomic E-state index is 14.2. The average Bonchev–Trinajstić information content (AvgIpc) is 2.82. The summed E-state index contributed by atoms with van der Waals surface area (Å²) in [6, 6.07) is 15.5. The molecule has 0 aliphatic heterocycles. The molecular weight excluding hydrogens is 426 g/mol. The lowest BCUT2D eigenvalue weighted by molar-refractivity contribution is -0.129. The zero-order chi connectivity index (χ0) is 24.2. The van der Waals surface area contributed by atoms with Crippen molar-refractivity contribution in [3.05, 3.63) is 65.2 Å². The fourth-order valence-electron chi connectivity index (χ4n) is 5.56. The normalized spacial score (nSPS) is 16.7. The zero-order valence-electron chi connectivity index (χ0n) is 21.1. The van der Waals surface area contributed by atoms with Gasteiger partial charge < -0.3 is 9.64 Å². The van der Waals surface area contributed by atoms with Crippen LogP contribution in [0.1, 0.15) is 59.5 Å². The van der Waals surface area contributed by atoms with Gasteiger partial charge in [-0.25, -0.2) is 0 Å². The molecule has 1 aliphatic carbocycles. The number of hydrogen-bond donors (Lipinski definition) is 0. The number of carbonyl (C=O) groups is 2. The lowest BCUT2D eigenvalue weighted by Gasteiger charge is -2.44. The summed E-state index contributed by atoms with van der Waals surface area (Å²) < 4.78 is 5.30. The van der Waals surface area contributed by atoms with Crippen molar-refractivity contribution in [3.8, 4) is 5.75 Å². The van der Waals surface area contributed by atoms with E-state index in [1.54, 1.807) is 12.0 Å². The molecule has 3 rings (SSSR count). The van der Waals surface area contributed by atoms with E-state index in [2.05, 4.69) is 19.2 Å². The monoisotopic (exact) mass is 465 g/mol. The molecule has 0 spiro atoms. The standard InChI is InChI=1S/C28H39NO3Si/c1-20-11-10-12-22(19-20)25(26(30)21-15-17-23(32-4)18-16-21)27(28(31)29(2)3)33(5,6)24-13-8-7-9-14-24/h10-12,15-19,24-25,27H,7-9,13-14H2,1-6H3/t25-,27-/m1/s1. The maximum absolute atomic E-state index is 14.2. The van der Waals surface area contributed by atoms with Crippen molar-refractivity contribution < 1.29 is 14.3 Å². The van der Waals surface area contributed by atoms with Crippen molar-refractivity contribution >= 4 is 19.8 Å². The Bertz CT molecular complexity index is 961. The molecule has 0 radical (unpaired) electrons. The van der Waals surface area contributed by atoms with Crippen molar-refractivity contribution in [1.29, 1.82) is 0 Å². The number of hydrogen-bond acceptors (Lipinski definition) is 3. The maximum Gasteiger partial charge on any atom is 0.223 e. The Labute approximate surface area is 200 Å². The summed E-state index contributed by atoms with van der Waals surface area (Å²) in [5, 5.41) is 0. The number of carbonyl (C=O) groups excluding carboxylic acids is 2. The van der Waals surface area contributed by atoms with Gasteiger partial charge in [0, 0.05) is 25.2 Å². The Kier molecular flexibility index (Phi) is 8.17. The average molecular weight is 466 g/mol. The first-order chi connectivity index (χ1) is 15.7. The highest BCUT2D eigenvalue weighted by Gasteiger charge is 2.50. The van der Waals surface area contributed by atoms with Crippen LogP contribution < -0.4 is 4.74 Å². The molecule has 0 saturated heterocycles. The molecule has 1 aliphatic rings. The highest BCUT2D eigenvalue weighted by molar-refractivity contribution is 6.83. The molecule has 33 heavy (non-hydrogen) atoms. The molecule has 2 aromatic rings. The van der Waals surface area contributed by atoms with Crippen LogP contribution in [0.15, 0.2) is 48.5 Å². The number of rotatable bonds is 8. The number of amides is 1. The summed E-state index contributed by atoms with van der Waals surface area (Å²) in [6.07, 6.45) is 6.08. The van der Waals surface area contributed by atoms with Gasteiger partial charge in [0.1, 0.15) is 5.75 Å². The molecule has 1 fully saturated rings. The number of methoxy groups -OCH3 is 1. The third-order valence-corrected chi connectivity index (χ3v) is 12.4. The van der Waals surface area contributed by atoms with Crippen molar-refractivity contribution in [2.75, 3.05) is 21.2 Å². The molecule has 0 bridgehead atoms. The van der Waals surface area contributed by atoms with Crippen molar-refractivity contribution in [2.45, 2.75) is 69.1 Å². The Hall–Kier alpha value is -2.40. The molecule has 1 saturated carbocycles. The molecule has 5 heteroatoms. The molecule has 1 amide bonds. The number of ether oxygens (including phenoxy) is 1. The Morgan fingerprint density at radius 1 is 1.00 bits per heavy atom. The molecular formula is C28H39NO3Si. The van der Waals surface area contributed by atoms with Crippen LogP contribution >= 0.6 is 0 Å². The fourth-order valence-corrected chi connectivity index (χ4v) is 10.1. The lowest BCUT2D eigenvalue weighted by atomic mass is 9.86. The Morgan fingerprint density at radius 3 is 2.18 bits per heavy atom. The molecule has 2 atom stereocenters. The van der Waals surface area contributed by atoms with E-state index in [0.29, 0.717) is 11.1 Å². The van der Waals surface area contributed by atoms with Crippen LogP contribution in [0, 0.1) is 6.92 Å². The van der Waals surface area contributed by atoms with Crippen molar-refractivity contribution in [1.82, 2.24) is 4.90 Å². The third-order valence-electron chi connectivity index (χ3n) is 7.56. The molecule has 178 valence electrons. The molecule has 4 nitrogen and oxygen atoms in total. The van der Waals surface area contributed by atoms with Crippen molar-refractivity contribution in [3.63, 3.8) is 0 Å². The SMILES string of the molecule is COc1ccc(C(=O)[C@@H](c2cccc(C)c2)[C@H](C(=O)N(C)C)[Si](C)(C)C2CCCCC2)cc1. The highest BCUT2D eigenvalue weighted by atomic mass is 28.3. The van der Waals surface area contributed by atoms with Gasteiger partial charge in [0.2, 0.25) is 5.91 Å². The van der Waals surface area contributed by atoms with Crippen LogP contribution in [0.25, 0.3) is 0 Å². The Morgan fingerprint density at radius 2 is 1.64 bits per heavy atom. The minimum Gasteiger partial charge on any atom is -0.497 e. The predicted octanol–water partition coefficient (Wildman–Crippen LogP) is 6.47. The largest absolute Gasteiger partial charge is 0.497 e. The first-order valence-electron chi connectivity index (χ1n) is 12.1. The summed E-state index contributed by atoms with van der Waals surface area (Å²) >= 11 is 0. The zero-order valence-corrected chi connectivity index (χ0v) is 22.1. The predicted molar refractivity (Wildman–Crippen MR) is 138 cm³/mol. The lowest BCUT2D eigenvalue weighted by Crippen LogP contribution is -2.50. The topological polar surface area (TPSA) is 46.6 Å². The van der Waals surface area contributed by atoms with Gasteiger partial charge >= 0.3 is 0 Å². The van der Waals surface area contributed by atoms with Crippen LogP contribution in [0.5, 0.6) is 5.75 Å². The van der Waals surface area contributed by atoms with E-state index in [1.165, 1.54) is 32.1 Å². The van der Waals surface area contributed by atoms with E-state index in [9.17, 15) is 9.59 Å². The van der Waals surface area contributed by atoms with Crippen LogP contribution in [0.2, 0.25) is 24.2 Å². The fraction of sp³-hybridized carbons (Fsp3) is 0.500. The second-order valence-electron chi connectivity index (χ2n) is 10.4. The van der Waals surface area contributed by atoms with Gasteiger partial charge in [0.05, 0.1) is 21.1 Å². The second-order valence-corrected chi connectivity index (χ2v) is 15.4. The minimum atomic E-state index is -2.17. The second kappa shape index (κ2) is 10.7. The van der Waals surface area contributed by atoms with Gasteiger partial charge in [-0.3, -0.25) is 9.59 Å². The van der Waals surface area contributed by atoms with Gasteiger partial charge in [0.25, 0.3) is 0 Å². The number of benzene rings is 2. The highest BCUT2D eigenvalue weighted by Crippen LogP contribution is 2.49. The van der Waals surface area contributed by atoms with E-state index >= 15 is 0 Å². The van der Waals surface area contributed by atoms with Gasteiger partial charge in [-0.05, 0) is 42.3 Å². The Balaban J connectivity index is 2.16. The summed E-state index contributed by atoms with van der Waals surface area (Å²) in [7, 11) is 3.10. The van der Waals surface area contributed by atoms with Crippen molar-refractivity contribution in [2.24, 2.45) is 0 Å².